The van der Waals surface area contributed by atoms with Crippen LogP contribution in [0.15, 0.2) is 15.8 Å². The van der Waals surface area contributed by atoms with Crippen LogP contribution in [0.2, 0.25) is 0 Å². The Morgan fingerprint density at radius 2 is 2.06 bits per heavy atom. The van der Waals surface area contributed by atoms with Crippen molar-refractivity contribution in [3.8, 4) is 0 Å². The molecule has 0 spiro atoms. The fourth-order valence-corrected chi connectivity index (χ4v) is 1.25. The minimum absolute atomic E-state index is 0.0541. The summed E-state index contributed by atoms with van der Waals surface area (Å²) in [6.45, 7) is 5.10. The predicted molar refractivity (Wildman–Crippen MR) is 61.7 cm³/mol. The lowest BCUT2D eigenvalue weighted by atomic mass is 10.2. The second-order valence-corrected chi connectivity index (χ2v) is 4.77. The van der Waals surface area contributed by atoms with E-state index < -0.39 is 28.6 Å². The number of halogens is 1. The molecule has 0 saturated carbocycles. The molecule has 0 saturated heterocycles. The van der Waals surface area contributed by atoms with Crippen LogP contribution in [0.5, 0.6) is 0 Å². The van der Waals surface area contributed by atoms with E-state index in [1.807, 2.05) is 0 Å². The lowest BCUT2D eigenvalue weighted by Gasteiger charge is -2.19. The number of aryl methyl sites for hydroxylation is 1. The summed E-state index contributed by atoms with van der Waals surface area (Å²) < 4.78 is 18.9. The van der Waals surface area contributed by atoms with Gasteiger partial charge in [0.25, 0.3) is 5.56 Å². The van der Waals surface area contributed by atoms with Crippen LogP contribution >= 0.6 is 0 Å². The van der Waals surface area contributed by atoms with Crippen LogP contribution < -0.4 is 11.2 Å². The summed E-state index contributed by atoms with van der Waals surface area (Å²) >= 11 is 0. The molecule has 18 heavy (non-hydrogen) atoms. The van der Waals surface area contributed by atoms with Crippen LogP contribution in [0, 0.1) is 5.82 Å². The van der Waals surface area contributed by atoms with E-state index in [9.17, 15) is 18.8 Å². The van der Waals surface area contributed by atoms with Gasteiger partial charge in [-0.3, -0.25) is 19.1 Å². The van der Waals surface area contributed by atoms with Gasteiger partial charge in [-0.05, 0) is 20.8 Å². The van der Waals surface area contributed by atoms with Gasteiger partial charge in [-0.1, -0.05) is 0 Å². The number of esters is 1. The smallest absolute Gasteiger partial charge is 0.328 e. The van der Waals surface area contributed by atoms with Gasteiger partial charge in [-0.25, -0.2) is 4.79 Å². The highest BCUT2D eigenvalue weighted by atomic mass is 19.1. The van der Waals surface area contributed by atoms with Crippen LogP contribution in [0.25, 0.3) is 0 Å². The standard InChI is InChI=1S/C11H15FN2O4/c1-11(2,3)18-8(15)4-5-14-6-7(12)9(16)13-10(14)17/h6H,4-5H2,1-3H3,(H,13,16,17). The van der Waals surface area contributed by atoms with Crippen LogP contribution in [0.4, 0.5) is 4.39 Å². The third kappa shape index (κ3) is 4.15. The Morgan fingerprint density at radius 1 is 1.44 bits per heavy atom. The van der Waals surface area contributed by atoms with Crippen molar-refractivity contribution in [3.05, 3.63) is 32.9 Å². The molecule has 0 amide bonds. The normalized spacial score (nSPS) is 11.3. The van der Waals surface area contributed by atoms with E-state index in [1.165, 1.54) is 0 Å². The van der Waals surface area contributed by atoms with Gasteiger partial charge in [-0.15, -0.1) is 0 Å². The van der Waals surface area contributed by atoms with Gasteiger partial charge >= 0.3 is 11.7 Å². The number of hydrogen-bond donors (Lipinski definition) is 1. The highest BCUT2D eigenvalue weighted by molar-refractivity contribution is 5.69. The van der Waals surface area contributed by atoms with Gasteiger partial charge in [-0.2, -0.15) is 4.39 Å². The van der Waals surface area contributed by atoms with Gasteiger partial charge in [0.05, 0.1) is 12.6 Å². The van der Waals surface area contributed by atoms with Gasteiger partial charge in [0.2, 0.25) is 5.82 Å². The second-order valence-electron chi connectivity index (χ2n) is 4.77. The zero-order valence-corrected chi connectivity index (χ0v) is 10.4. The maximum Gasteiger partial charge on any atom is 0.328 e. The fraction of sp³-hybridized carbons (Fsp3) is 0.545. The molecule has 0 bridgehead atoms. The van der Waals surface area contributed by atoms with E-state index in [1.54, 1.807) is 25.8 Å². The molecule has 0 aromatic carbocycles. The van der Waals surface area contributed by atoms with Gasteiger partial charge in [0.15, 0.2) is 0 Å². The molecule has 0 aliphatic rings. The topological polar surface area (TPSA) is 81.2 Å². The summed E-state index contributed by atoms with van der Waals surface area (Å²) in [7, 11) is 0. The first-order valence-corrected chi connectivity index (χ1v) is 5.40. The first-order chi connectivity index (χ1) is 8.19. The Bertz CT molecular complexity index is 553. The Kier molecular flexibility index (Phi) is 4.05. The van der Waals surface area contributed by atoms with Crippen molar-refractivity contribution in [2.45, 2.75) is 39.3 Å². The number of rotatable bonds is 3. The molecule has 0 fully saturated rings. The molecule has 1 heterocycles. The third-order valence-corrected chi connectivity index (χ3v) is 1.94. The number of ether oxygens (including phenoxy) is 1. The van der Waals surface area contributed by atoms with Crippen LogP contribution in [-0.2, 0) is 16.1 Å². The lowest BCUT2D eigenvalue weighted by molar-refractivity contribution is -0.155. The molecule has 0 aliphatic heterocycles. The van der Waals surface area contributed by atoms with Crippen molar-refractivity contribution >= 4 is 5.97 Å². The first-order valence-electron chi connectivity index (χ1n) is 5.40. The molecule has 0 atom stereocenters. The Morgan fingerprint density at radius 3 is 2.61 bits per heavy atom. The van der Waals surface area contributed by atoms with Crippen molar-refractivity contribution in [2.75, 3.05) is 0 Å². The summed E-state index contributed by atoms with van der Waals surface area (Å²) in [6.07, 6.45) is 0.689. The van der Waals surface area contributed by atoms with E-state index in [-0.39, 0.29) is 13.0 Å². The lowest BCUT2D eigenvalue weighted by Crippen LogP contribution is -2.32. The monoisotopic (exact) mass is 258 g/mol. The van der Waals surface area contributed by atoms with E-state index in [0.717, 1.165) is 10.8 Å². The number of carbonyl (C=O) groups is 1. The van der Waals surface area contributed by atoms with Crippen molar-refractivity contribution in [1.82, 2.24) is 9.55 Å². The van der Waals surface area contributed by atoms with Gasteiger partial charge in [0, 0.05) is 6.54 Å². The number of nitrogens with zero attached hydrogens (tertiary/aromatic N) is 1. The minimum Gasteiger partial charge on any atom is -0.460 e. The summed E-state index contributed by atoms with van der Waals surface area (Å²) in [5.74, 6) is -1.57. The Labute approximate surface area is 102 Å². The Hall–Kier alpha value is -1.92. The number of aromatic nitrogens is 2. The molecule has 100 valence electrons. The zero-order valence-electron chi connectivity index (χ0n) is 10.4. The quantitative estimate of drug-likeness (QED) is 0.796. The SMILES string of the molecule is CC(C)(C)OC(=O)CCn1cc(F)c(=O)[nH]c1=O. The second kappa shape index (κ2) is 5.16. The fourth-order valence-electron chi connectivity index (χ4n) is 1.25. The molecule has 0 radical (unpaired) electrons. The molecule has 0 aliphatic carbocycles. The number of aromatic amines is 1. The summed E-state index contributed by atoms with van der Waals surface area (Å²) in [5.41, 5.74) is -2.45. The van der Waals surface area contributed by atoms with Crippen LogP contribution in [-0.4, -0.2) is 21.1 Å². The number of H-pyrrole nitrogens is 1. The maximum atomic E-state index is 12.9. The third-order valence-electron chi connectivity index (χ3n) is 1.94. The van der Waals surface area contributed by atoms with E-state index in [0.29, 0.717) is 0 Å². The van der Waals surface area contributed by atoms with Crippen LogP contribution in [0.1, 0.15) is 27.2 Å². The molecule has 7 heteroatoms. The molecule has 6 nitrogen and oxygen atoms in total. The molecular weight excluding hydrogens is 243 g/mol. The largest absolute Gasteiger partial charge is 0.460 e. The van der Waals surface area contributed by atoms with E-state index in [4.69, 9.17) is 4.74 Å². The highest BCUT2D eigenvalue weighted by Crippen LogP contribution is 2.08. The zero-order chi connectivity index (χ0) is 13.9. The van der Waals surface area contributed by atoms with Crippen molar-refractivity contribution in [1.29, 1.82) is 0 Å². The summed E-state index contributed by atoms with van der Waals surface area (Å²) in [5, 5.41) is 0. The number of hydrogen-bond acceptors (Lipinski definition) is 4. The predicted octanol–water partition coefficient (Wildman–Crippen LogP) is 0.408. The van der Waals surface area contributed by atoms with Gasteiger partial charge < -0.3 is 4.74 Å². The molecule has 0 unspecified atom stereocenters. The number of carbonyl (C=O) groups excluding carboxylic acids is 1. The molecule has 1 aromatic heterocycles. The summed E-state index contributed by atoms with van der Waals surface area (Å²) in [4.78, 5) is 35.3. The van der Waals surface area contributed by atoms with Crippen molar-refractivity contribution < 1.29 is 13.9 Å². The average molecular weight is 258 g/mol. The molecule has 1 rings (SSSR count). The Balaban J connectivity index is 2.70. The first kappa shape index (κ1) is 14.1. The van der Waals surface area contributed by atoms with Crippen molar-refractivity contribution in [3.63, 3.8) is 0 Å². The van der Waals surface area contributed by atoms with E-state index in [2.05, 4.69) is 0 Å². The molecule has 1 aromatic rings. The highest BCUT2D eigenvalue weighted by Gasteiger charge is 2.16. The summed E-state index contributed by atoms with van der Waals surface area (Å²) in [6, 6.07) is 0. The minimum atomic E-state index is -1.08. The van der Waals surface area contributed by atoms with E-state index >= 15 is 0 Å². The van der Waals surface area contributed by atoms with Crippen LogP contribution in [0.3, 0.4) is 0 Å². The van der Waals surface area contributed by atoms with Crippen molar-refractivity contribution in [2.24, 2.45) is 0 Å². The number of nitrogens with one attached hydrogen (secondary N) is 1. The maximum absolute atomic E-state index is 12.9. The average Bonchev–Trinajstić information content (AvgIpc) is 2.19. The molecular formula is C11H15FN2O4. The molecule has 1 N–H and O–H groups in total. The van der Waals surface area contributed by atoms with Gasteiger partial charge in [0.1, 0.15) is 5.60 Å².